The number of aromatic nitrogens is 2. The first-order valence-corrected chi connectivity index (χ1v) is 7.59. The van der Waals surface area contributed by atoms with E-state index in [-0.39, 0.29) is 11.9 Å². The van der Waals surface area contributed by atoms with Crippen molar-refractivity contribution >= 4 is 5.91 Å². The Kier molecular flexibility index (Phi) is 5.79. The SMILES string of the molecule is Cc1cnc(OCC2CCCN(C(=O)CCC(F)(F)F)C2)nc1. The Labute approximate surface area is 132 Å². The summed E-state index contributed by atoms with van der Waals surface area (Å²) in [6.45, 7) is 3.15. The summed E-state index contributed by atoms with van der Waals surface area (Å²) in [7, 11) is 0. The minimum absolute atomic E-state index is 0.0866. The molecule has 23 heavy (non-hydrogen) atoms. The fraction of sp³-hybridized carbons (Fsp3) is 0.667. The lowest BCUT2D eigenvalue weighted by Gasteiger charge is -2.32. The summed E-state index contributed by atoms with van der Waals surface area (Å²) in [5.74, 6) is -0.359. The van der Waals surface area contributed by atoms with E-state index < -0.39 is 24.9 Å². The highest BCUT2D eigenvalue weighted by Gasteiger charge is 2.30. The number of carbonyl (C=O) groups excluding carboxylic acids is 1. The van der Waals surface area contributed by atoms with Gasteiger partial charge in [-0.3, -0.25) is 4.79 Å². The first-order valence-electron chi connectivity index (χ1n) is 7.59. The van der Waals surface area contributed by atoms with Crippen molar-refractivity contribution < 1.29 is 22.7 Å². The minimum Gasteiger partial charge on any atom is -0.463 e. The van der Waals surface area contributed by atoms with Gasteiger partial charge < -0.3 is 9.64 Å². The number of ether oxygens (including phenoxy) is 1. The maximum absolute atomic E-state index is 12.2. The van der Waals surface area contributed by atoms with E-state index in [0.29, 0.717) is 19.7 Å². The van der Waals surface area contributed by atoms with E-state index in [9.17, 15) is 18.0 Å². The Hall–Kier alpha value is -1.86. The molecule has 0 N–H and O–H groups in total. The summed E-state index contributed by atoms with van der Waals surface area (Å²) in [5, 5.41) is 0. The van der Waals surface area contributed by atoms with Crippen LogP contribution in [0.4, 0.5) is 13.2 Å². The van der Waals surface area contributed by atoms with E-state index in [2.05, 4.69) is 9.97 Å². The van der Waals surface area contributed by atoms with Crippen LogP contribution in [0.5, 0.6) is 6.01 Å². The van der Waals surface area contributed by atoms with Crippen LogP contribution >= 0.6 is 0 Å². The Morgan fingerprint density at radius 1 is 1.39 bits per heavy atom. The van der Waals surface area contributed by atoms with Crippen LogP contribution in [0.15, 0.2) is 12.4 Å². The van der Waals surface area contributed by atoms with Crippen LogP contribution in [0.2, 0.25) is 0 Å². The first-order chi connectivity index (χ1) is 10.8. The second-order valence-corrected chi connectivity index (χ2v) is 5.82. The Morgan fingerprint density at radius 2 is 2.09 bits per heavy atom. The van der Waals surface area contributed by atoms with Gasteiger partial charge >= 0.3 is 12.2 Å². The van der Waals surface area contributed by atoms with Gasteiger partial charge in [0, 0.05) is 37.8 Å². The standard InChI is InChI=1S/C15H20F3N3O2/c1-11-7-19-14(20-8-11)23-10-12-3-2-6-21(9-12)13(22)4-5-15(16,17)18/h7-8,12H,2-6,9-10H2,1H3. The van der Waals surface area contributed by atoms with Crippen molar-refractivity contribution in [3.8, 4) is 6.01 Å². The van der Waals surface area contributed by atoms with Crippen LogP contribution in [0.25, 0.3) is 0 Å². The molecule has 0 bridgehead atoms. The quantitative estimate of drug-likeness (QED) is 0.832. The van der Waals surface area contributed by atoms with E-state index >= 15 is 0 Å². The van der Waals surface area contributed by atoms with Gasteiger partial charge in [-0.1, -0.05) is 0 Å². The lowest BCUT2D eigenvalue weighted by molar-refractivity contribution is -0.150. The molecule has 128 valence electrons. The molecule has 1 aromatic rings. The molecule has 0 radical (unpaired) electrons. The molecule has 0 aliphatic carbocycles. The van der Waals surface area contributed by atoms with E-state index in [4.69, 9.17) is 4.74 Å². The summed E-state index contributed by atoms with van der Waals surface area (Å²) in [6.07, 6.45) is -0.919. The molecule has 0 spiro atoms. The van der Waals surface area contributed by atoms with Crippen molar-refractivity contribution in [3.05, 3.63) is 18.0 Å². The summed E-state index contributed by atoms with van der Waals surface area (Å²) in [6, 6.07) is 0.274. The van der Waals surface area contributed by atoms with Crippen molar-refractivity contribution in [2.75, 3.05) is 19.7 Å². The maximum Gasteiger partial charge on any atom is 0.389 e. The van der Waals surface area contributed by atoms with Gasteiger partial charge in [-0.2, -0.15) is 13.2 Å². The fourth-order valence-electron chi connectivity index (χ4n) is 2.48. The van der Waals surface area contributed by atoms with Crippen molar-refractivity contribution in [2.45, 2.75) is 38.8 Å². The third-order valence-electron chi connectivity index (χ3n) is 3.70. The zero-order chi connectivity index (χ0) is 16.9. The van der Waals surface area contributed by atoms with E-state index in [0.717, 1.165) is 18.4 Å². The number of hydrogen-bond donors (Lipinski definition) is 0. The average molecular weight is 331 g/mol. The molecule has 1 atom stereocenters. The lowest BCUT2D eigenvalue weighted by atomic mass is 9.98. The van der Waals surface area contributed by atoms with Gasteiger partial charge in [-0.15, -0.1) is 0 Å². The molecule has 2 rings (SSSR count). The number of alkyl halides is 3. The molecule has 1 aromatic heterocycles. The minimum atomic E-state index is -4.29. The highest BCUT2D eigenvalue weighted by atomic mass is 19.4. The molecule has 0 aromatic carbocycles. The van der Waals surface area contributed by atoms with Crippen molar-refractivity contribution in [2.24, 2.45) is 5.92 Å². The van der Waals surface area contributed by atoms with E-state index in [1.165, 1.54) is 4.90 Å². The van der Waals surface area contributed by atoms with Crippen LogP contribution in [0.3, 0.4) is 0 Å². The molecule has 5 nitrogen and oxygen atoms in total. The monoisotopic (exact) mass is 331 g/mol. The van der Waals surface area contributed by atoms with E-state index in [1.807, 2.05) is 6.92 Å². The number of hydrogen-bond acceptors (Lipinski definition) is 4. The van der Waals surface area contributed by atoms with Crippen LogP contribution in [0, 0.1) is 12.8 Å². The summed E-state index contributed by atoms with van der Waals surface area (Å²) >= 11 is 0. The molecule has 1 fully saturated rings. The molecular weight excluding hydrogens is 311 g/mol. The van der Waals surface area contributed by atoms with Crippen molar-refractivity contribution in [1.29, 1.82) is 0 Å². The van der Waals surface area contributed by atoms with Gasteiger partial charge in [-0.25, -0.2) is 9.97 Å². The number of halogens is 3. The van der Waals surface area contributed by atoms with Crippen LogP contribution in [0.1, 0.15) is 31.2 Å². The summed E-state index contributed by atoms with van der Waals surface area (Å²) in [5.41, 5.74) is 0.927. The first kappa shape index (κ1) is 17.5. The lowest BCUT2D eigenvalue weighted by Crippen LogP contribution is -2.41. The molecule has 0 saturated carbocycles. The molecule has 1 aliphatic rings. The number of nitrogens with zero attached hydrogens (tertiary/aromatic N) is 3. The Balaban J connectivity index is 1.78. The molecule has 1 amide bonds. The number of aryl methyl sites for hydroxylation is 1. The molecule has 1 unspecified atom stereocenters. The normalized spacial score (nSPS) is 18.8. The van der Waals surface area contributed by atoms with Gasteiger partial charge in [0.2, 0.25) is 5.91 Å². The predicted octanol–water partition coefficient (Wildman–Crippen LogP) is 2.74. The second kappa shape index (κ2) is 7.61. The highest BCUT2D eigenvalue weighted by Crippen LogP contribution is 2.23. The zero-order valence-corrected chi connectivity index (χ0v) is 13.0. The summed E-state index contributed by atoms with van der Waals surface area (Å²) in [4.78, 5) is 21.4. The zero-order valence-electron chi connectivity index (χ0n) is 13.0. The van der Waals surface area contributed by atoms with Gasteiger partial charge in [-0.05, 0) is 25.3 Å². The van der Waals surface area contributed by atoms with Gasteiger partial charge in [0.1, 0.15) is 0 Å². The number of likely N-dealkylation sites (tertiary alicyclic amines) is 1. The average Bonchev–Trinajstić information content (AvgIpc) is 2.51. The van der Waals surface area contributed by atoms with Crippen molar-refractivity contribution in [3.63, 3.8) is 0 Å². The predicted molar refractivity (Wildman–Crippen MR) is 76.9 cm³/mol. The largest absolute Gasteiger partial charge is 0.463 e. The maximum atomic E-state index is 12.2. The highest BCUT2D eigenvalue weighted by molar-refractivity contribution is 5.76. The van der Waals surface area contributed by atoms with Gasteiger partial charge in [0.05, 0.1) is 13.0 Å². The smallest absolute Gasteiger partial charge is 0.389 e. The molecule has 1 aliphatic heterocycles. The third kappa shape index (κ3) is 6.03. The molecule has 1 saturated heterocycles. The summed E-state index contributed by atoms with van der Waals surface area (Å²) < 4.78 is 42.1. The number of piperidine rings is 1. The van der Waals surface area contributed by atoms with E-state index in [1.54, 1.807) is 12.4 Å². The number of rotatable bonds is 5. The van der Waals surface area contributed by atoms with Crippen LogP contribution in [-0.2, 0) is 4.79 Å². The van der Waals surface area contributed by atoms with Crippen LogP contribution < -0.4 is 4.74 Å². The Morgan fingerprint density at radius 3 is 2.74 bits per heavy atom. The topological polar surface area (TPSA) is 55.3 Å². The fourth-order valence-corrected chi connectivity index (χ4v) is 2.48. The second-order valence-electron chi connectivity index (χ2n) is 5.82. The molecule has 8 heteroatoms. The van der Waals surface area contributed by atoms with Crippen LogP contribution in [-0.4, -0.2) is 46.6 Å². The molecular formula is C15H20F3N3O2. The Bertz CT molecular complexity index is 520. The number of carbonyl (C=O) groups is 1. The van der Waals surface area contributed by atoms with Gasteiger partial charge in [0.25, 0.3) is 0 Å². The number of amides is 1. The third-order valence-corrected chi connectivity index (χ3v) is 3.70. The molecule has 2 heterocycles. The van der Waals surface area contributed by atoms with Crippen molar-refractivity contribution in [1.82, 2.24) is 14.9 Å². The van der Waals surface area contributed by atoms with Gasteiger partial charge in [0.15, 0.2) is 0 Å².